The first-order chi connectivity index (χ1) is 9.67. The van der Waals surface area contributed by atoms with Crippen molar-refractivity contribution in [2.45, 2.75) is 12.8 Å². The van der Waals surface area contributed by atoms with Crippen molar-refractivity contribution in [3.8, 4) is 6.07 Å². The Labute approximate surface area is 120 Å². The molecule has 1 heterocycles. The van der Waals surface area contributed by atoms with E-state index in [1.807, 2.05) is 0 Å². The van der Waals surface area contributed by atoms with Gasteiger partial charge in [0.05, 0.1) is 18.6 Å². The third-order valence-electron chi connectivity index (χ3n) is 4.59. The third kappa shape index (κ3) is 3.00. The number of hydrogen-bond donors (Lipinski definition) is 2. The van der Waals surface area contributed by atoms with Crippen LogP contribution in [-0.2, 0) is 4.74 Å². The number of nitrogens with one attached hydrogen (secondary N) is 1. The Morgan fingerprint density at radius 2 is 2.10 bits per heavy atom. The molecule has 0 radical (unpaired) electrons. The van der Waals surface area contributed by atoms with Crippen molar-refractivity contribution < 1.29 is 4.74 Å². The van der Waals surface area contributed by atoms with Crippen LogP contribution in [0.3, 0.4) is 0 Å². The summed E-state index contributed by atoms with van der Waals surface area (Å²) < 4.78 is 5.28. The molecule has 0 bridgehead atoms. The van der Waals surface area contributed by atoms with Gasteiger partial charge in [-0.05, 0) is 38.4 Å². The molecule has 3 N–H and O–H groups in total. The van der Waals surface area contributed by atoms with Crippen molar-refractivity contribution >= 4 is 12.7 Å². The number of hydrogen-bond acceptors (Lipinski definition) is 5. The highest BCUT2D eigenvalue weighted by Crippen LogP contribution is 2.54. The van der Waals surface area contributed by atoms with Crippen molar-refractivity contribution in [2.24, 2.45) is 33.9 Å². The lowest BCUT2D eigenvalue weighted by molar-refractivity contribution is 0.159. The number of aliphatic imine (C=N–C) groups is 1. The molecule has 3 aliphatic rings. The van der Waals surface area contributed by atoms with Gasteiger partial charge in [0.15, 0.2) is 0 Å². The van der Waals surface area contributed by atoms with Gasteiger partial charge in [0.25, 0.3) is 0 Å². The molecule has 110 valence electrons. The molecule has 20 heavy (non-hydrogen) atoms. The van der Waals surface area contributed by atoms with Crippen LogP contribution in [0.5, 0.6) is 0 Å². The SMILES string of the molecule is C=NC(=N)OCC1(CN2CC3C(C#N)C3C2)CC1.CN. The molecule has 3 rings (SSSR count). The van der Waals surface area contributed by atoms with Gasteiger partial charge in [-0.1, -0.05) is 0 Å². The second-order valence-corrected chi connectivity index (χ2v) is 5.93. The molecule has 0 aromatic rings. The summed E-state index contributed by atoms with van der Waals surface area (Å²) in [4.78, 5) is 5.92. The maximum atomic E-state index is 8.89. The largest absolute Gasteiger partial charge is 0.463 e. The zero-order valence-electron chi connectivity index (χ0n) is 12.0. The average Bonchev–Trinajstić information content (AvgIpc) is 3.35. The number of nitrogens with zero attached hydrogens (tertiary/aromatic N) is 3. The van der Waals surface area contributed by atoms with E-state index in [0.717, 1.165) is 19.6 Å². The van der Waals surface area contributed by atoms with Crippen LogP contribution in [0.25, 0.3) is 0 Å². The molecular weight excluding hydrogens is 254 g/mol. The summed E-state index contributed by atoms with van der Waals surface area (Å²) in [5.74, 6) is 1.57. The molecule has 1 aliphatic heterocycles. The number of fused-ring (bicyclic) bond motifs is 1. The maximum Gasteiger partial charge on any atom is 0.308 e. The van der Waals surface area contributed by atoms with Crippen molar-refractivity contribution in [2.75, 3.05) is 33.3 Å². The molecule has 1 saturated heterocycles. The van der Waals surface area contributed by atoms with E-state index in [1.165, 1.54) is 19.9 Å². The minimum absolute atomic E-state index is 0.0740. The van der Waals surface area contributed by atoms with Crippen LogP contribution in [0, 0.1) is 39.9 Å². The Hall–Kier alpha value is -1.45. The molecule has 6 heteroatoms. The van der Waals surface area contributed by atoms with E-state index < -0.39 is 0 Å². The predicted octanol–water partition coefficient (Wildman–Crippen LogP) is 0.695. The first kappa shape index (κ1) is 14.9. The topological polar surface area (TPSA) is 98.5 Å². The molecule has 0 spiro atoms. The second kappa shape index (κ2) is 5.90. The third-order valence-corrected chi connectivity index (χ3v) is 4.59. The number of nitrogens with two attached hydrogens (primary N) is 1. The van der Waals surface area contributed by atoms with Crippen LogP contribution in [0.2, 0.25) is 0 Å². The predicted molar refractivity (Wildman–Crippen MR) is 77.5 cm³/mol. The Kier molecular flexibility index (Phi) is 4.41. The lowest BCUT2D eigenvalue weighted by atomic mass is 10.1. The van der Waals surface area contributed by atoms with Crippen molar-refractivity contribution in [1.82, 2.24) is 4.90 Å². The van der Waals surface area contributed by atoms with Gasteiger partial charge in [-0.25, -0.2) is 10.4 Å². The van der Waals surface area contributed by atoms with Gasteiger partial charge in [0.2, 0.25) is 0 Å². The summed E-state index contributed by atoms with van der Waals surface area (Å²) in [5, 5.41) is 16.2. The molecule has 0 aromatic heterocycles. The fourth-order valence-electron chi connectivity index (χ4n) is 3.20. The summed E-state index contributed by atoms with van der Waals surface area (Å²) in [7, 11) is 1.50. The van der Waals surface area contributed by atoms with Crippen LogP contribution in [0.1, 0.15) is 12.8 Å². The van der Waals surface area contributed by atoms with Crippen LogP contribution in [0.4, 0.5) is 0 Å². The highest BCUT2D eigenvalue weighted by atomic mass is 16.5. The van der Waals surface area contributed by atoms with E-state index in [1.54, 1.807) is 0 Å². The van der Waals surface area contributed by atoms with E-state index in [9.17, 15) is 0 Å². The Balaban J connectivity index is 0.000000704. The normalized spacial score (nSPS) is 32.1. The molecular formula is C14H23N5O. The van der Waals surface area contributed by atoms with E-state index in [-0.39, 0.29) is 11.4 Å². The minimum Gasteiger partial charge on any atom is -0.463 e. The summed E-state index contributed by atoms with van der Waals surface area (Å²) in [6, 6.07) is 2.31. The molecule has 6 nitrogen and oxygen atoms in total. The Morgan fingerprint density at radius 3 is 2.55 bits per heavy atom. The van der Waals surface area contributed by atoms with Gasteiger partial charge < -0.3 is 15.4 Å². The number of rotatable bonds is 4. The monoisotopic (exact) mass is 277 g/mol. The smallest absolute Gasteiger partial charge is 0.308 e. The lowest BCUT2D eigenvalue weighted by Crippen LogP contribution is -2.33. The van der Waals surface area contributed by atoms with E-state index in [2.05, 4.69) is 28.4 Å². The molecule has 2 atom stereocenters. The highest BCUT2D eigenvalue weighted by molar-refractivity contribution is 5.75. The number of ether oxygens (including phenoxy) is 1. The molecule has 0 aromatic carbocycles. The quantitative estimate of drug-likeness (QED) is 0.583. The Bertz CT molecular complexity index is 414. The zero-order chi connectivity index (χ0) is 14.8. The number of nitriles is 1. The van der Waals surface area contributed by atoms with Gasteiger partial charge in [0.1, 0.15) is 0 Å². The number of amidine groups is 1. The summed E-state index contributed by atoms with van der Waals surface area (Å²) in [6.07, 6.45) is 2.34. The number of piperidine rings is 1. The molecule has 2 aliphatic carbocycles. The van der Waals surface area contributed by atoms with Gasteiger partial charge in [0, 0.05) is 25.0 Å². The van der Waals surface area contributed by atoms with Gasteiger partial charge in [-0.3, -0.25) is 0 Å². The first-order valence-electron chi connectivity index (χ1n) is 7.05. The fourth-order valence-corrected chi connectivity index (χ4v) is 3.20. The standard InChI is InChI=1S/C13H18N4O.CH5N/c1-16-12(15)18-8-13(2-3-13)7-17-5-10-9(4-14)11(10)6-17;1-2/h9-11,15H,1-3,5-8H2;2H2,1H3. The number of likely N-dealkylation sites (tertiary alicyclic amines) is 1. The maximum absolute atomic E-state index is 8.89. The van der Waals surface area contributed by atoms with Crippen molar-refractivity contribution in [3.63, 3.8) is 0 Å². The van der Waals surface area contributed by atoms with Crippen LogP contribution in [-0.4, -0.2) is 50.9 Å². The van der Waals surface area contributed by atoms with E-state index in [4.69, 9.17) is 15.4 Å². The van der Waals surface area contributed by atoms with Crippen LogP contribution in [0.15, 0.2) is 4.99 Å². The lowest BCUT2D eigenvalue weighted by Gasteiger charge is -2.24. The van der Waals surface area contributed by atoms with Crippen molar-refractivity contribution in [3.05, 3.63) is 0 Å². The van der Waals surface area contributed by atoms with Gasteiger partial charge in [-0.2, -0.15) is 5.26 Å². The average molecular weight is 277 g/mol. The minimum atomic E-state index is -0.0740. The van der Waals surface area contributed by atoms with Gasteiger partial charge >= 0.3 is 6.02 Å². The fraction of sp³-hybridized carbons (Fsp3) is 0.786. The molecule has 2 saturated carbocycles. The van der Waals surface area contributed by atoms with Gasteiger partial charge in [-0.15, -0.1) is 0 Å². The summed E-state index contributed by atoms with van der Waals surface area (Å²) >= 11 is 0. The van der Waals surface area contributed by atoms with Crippen LogP contribution < -0.4 is 5.73 Å². The second-order valence-electron chi connectivity index (χ2n) is 5.93. The molecule has 2 unspecified atom stereocenters. The molecule has 0 amide bonds. The highest BCUT2D eigenvalue weighted by Gasteiger charge is 2.57. The van der Waals surface area contributed by atoms with Crippen molar-refractivity contribution in [1.29, 1.82) is 10.7 Å². The Morgan fingerprint density at radius 1 is 1.50 bits per heavy atom. The summed E-state index contributed by atoms with van der Waals surface area (Å²) in [5.41, 5.74) is 4.73. The zero-order valence-corrected chi connectivity index (χ0v) is 12.0. The first-order valence-corrected chi connectivity index (χ1v) is 7.05. The van der Waals surface area contributed by atoms with Crippen LogP contribution >= 0.6 is 0 Å². The van der Waals surface area contributed by atoms with E-state index in [0.29, 0.717) is 24.4 Å². The molecule has 3 fully saturated rings. The van der Waals surface area contributed by atoms with E-state index >= 15 is 0 Å². The summed E-state index contributed by atoms with van der Waals surface area (Å²) in [6.45, 7) is 7.05.